The molecule has 0 atom stereocenters. The molecule has 0 aromatic carbocycles. The Labute approximate surface area is 104 Å². The largest absolute Gasteiger partial charge is 0.366 e. The van der Waals surface area contributed by atoms with Crippen molar-refractivity contribution < 1.29 is 14.2 Å². The van der Waals surface area contributed by atoms with Gasteiger partial charge >= 0.3 is 5.69 Å². The lowest BCUT2D eigenvalue weighted by Gasteiger charge is -2.01. The van der Waals surface area contributed by atoms with E-state index in [-0.39, 0.29) is 5.69 Å². The molecule has 0 amide bonds. The van der Waals surface area contributed by atoms with Crippen LogP contribution in [0.5, 0.6) is 0 Å². The number of rotatable bonds is 7. The first-order chi connectivity index (χ1) is 8.77. The Morgan fingerprint density at radius 2 is 2.39 bits per heavy atom. The van der Waals surface area contributed by atoms with E-state index in [1.165, 1.54) is 6.07 Å². The molecule has 2 aromatic heterocycles. The van der Waals surface area contributed by atoms with E-state index in [1.807, 2.05) is 12.3 Å². The van der Waals surface area contributed by atoms with Crippen molar-refractivity contribution >= 4 is 11.5 Å². The highest BCUT2D eigenvalue weighted by molar-refractivity contribution is 5.56. The molecule has 2 heterocycles. The maximum Gasteiger partial charge on any atom is 0.310 e. The minimum atomic E-state index is -0.405. The fraction of sp³-hybridized carbons (Fsp3) is 0.364. The average Bonchev–Trinajstić information content (AvgIpc) is 2.98. The smallest absolute Gasteiger partial charge is 0.310 e. The van der Waals surface area contributed by atoms with Gasteiger partial charge in [0.05, 0.1) is 4.92 Å². The van der Waals surface area contributed by atoms with Gasteiger partial charge in [0, 0.05) is 31.3 Å². The number of hydrogen-bond donors (Lipinski definition) is 2. The van der Waals surface area contributed by atoms with E-state index in [0.29, 0.717) is 12.4 Å². The van der Waals surface area contributed by atoms with Crippen LogP contribution in [0, 0.1) is 10.1 Å². The van der Waals surface area contributed by atoms with Crippen molar-refractivity contribution in [3.63, 3.8) is 0 Å². The summed E-state index contributed by atoms with van der Waals surface area (Å²) in [6, 6.07) is 3.28. The van der Waals surface area contributed by atoms with Crippen LogP contribution in [0.1, 0.15) is 12.8 Å². The highest BCUT2D eigenvalue weighted by Crippen LogP contribution is 2.21. The van der Waals surface area contributed by atoms with E-state index >= 15 is 0 Å². The fourth-order valence-electron chi connectivity index (χ4n) is 1.67. The van der Waals surface area contributed by atoms with Crippen LogP contribution in [0.2, 0.25) is 0 Å². The summed E-state index contributed by atoms with van der Waals surface area (Å²) in [7, 11) is 0. The van der Waals surface area contributed by atoms with Crippen molar-refractivity contribution in [3.8, 4) is 0 Å². The summed E-state index contributed by atoms with van der Waals surface area (Å²) in [5.74, 6) is 0.464. The molecule has 0 fully saturated rings. The van der Waals surface area contributed by atoms with Gasteiger partial charge in [-0.1, -0.05) is 0 Å². The summed E-state index contributed by atoms with van der Waals surface area (Å²) >= 11 is 0. The number of aromatic nitrogens is 2. The summed E-state index contributed by atoms with van der Waals surface area (Å²) in [6.07, 6.45) is 6.90. The Bertz CT molecular complexity index is 492. The van der Waals surface area contributed by atoms with Crippen LogP contribution >= 0.6 is 0 Å². The summed E-state index contributed by atoms with van der Waals surface area (Å²) in [4.78, 5) is 13.1. The van der Waals surface area contributed by atoms with Gasteiger partial charge in [0.2, 0.25) is 6.20 Å². The monoisotopic (exact) mass is 251 g/mol. The summed E-state index contributed by atoms with van der Waals surface area (Å²) < 4.78 is 6.88. The lowest BCUT2D eigenvalue weighted by molar-refractivity contribution is -0.864. The molecular weight excluding hydrogens is 236 g/mol. The zero-order chi connectivity index (χ0) is 12.8. The Balaban J connectivity index is 1.69. The molecular formula is C11H15N4O3+. The minimum absolute atomic E-state index is 0.0791. The molecule has 0 aliphatic carbocycles. The van der Waals surface area contributed by atoms with Gasteiger partial charge in [-0.25, -0.2) is 4.52 Å². The van der Waals surface area contributed by atoms with Crippen molar-refractivity contribution in [2.45, 2.75) is 19.4 Å². The van der Waals surface area contributed by atoms with Gasteiger partial charge in [-0.3, -0.25) is 10.1 Å². The first-order valence-electron chi connectivity index (χ1n) is 5.76. The number of hydrogen-bond acceptors (Lipinski definition) is 4. The fourth-order valence-corrected chi connectivity index (χ4v) is 1.67. The van der Waals surface area contributed by atoms with E-state index in [4.69, 9.17) is 4.52 Å². The van der Waals surface area contributed by atoms with Crippen LogP contribution < -0.4 is 10.1 Å². The molecule has 0 radical (unpaired) electrons. The number of unbranched alkanes of at least 4 members (excludes halogenated alkanes) is 1. The Morgan fingerprint density at radius 3 is 3.11 bits per heavy atom. The highest BCUT2D eigenvalue weighted by Gasteiger charge is 2.13. The second-order valence-corrected chi connectivity index (χ2v) is 3.85. The van der Waals surface area contributed by atoms with Crippen LogP contribution in [0.4, 0.5) is 11.5 Å². The third-order valence-corrected chi connectivity index (χ3v) is 2.56. The molecule has 2 N–H and O–H groups in total. The maximum atomic E-state index is 10.7. The van der Waals surface area contributed by atoms with Gasteiger partial charge in [0.25, 0.3) is 0 Å². The zero-order valence-electron chi connectivity index (χ0n) is 9.83. The molecule has 0 spiro atoms. The third-order valence-electron chi connectivity index (χ3n) is 2.56. The van der Waals surface area contributed by atoms with Crippen LogP contribution in [-0.2, 0) is 6.54 Å². The molecule has 96 valence electrons. The SMILES string of the molecule is O=[N+]([O-])c1cc[nH]c1NCCCC[n+]1ccco1. The quantitative estimate of drug-likeness (QED) is 0.339. The maximum absolute atomic E-state index is 10.7. The minimum Gasteiger partial charge on any atom is -0.366 e. The van der Waals surface area contributed by atoms with Crippen molar-refractivity contribution in [1.82, 2.24) is 4.98 Å². The Hall–Kier alpha value is -2.31. The molecule has 2 aromatic rings. The van der Waals surface area contributed by atoms with Gasteiger partial charge < -0.3 is 10.3 Å². The summed E-state index contributed by atoms with van der Waals surface area (Å²) in [5.41, 5.74) is 0.0791. The number of aryl methyl sites for hydroxylation is 1. The summed E-state index contributed by atoms with van der Waals surface area (Å²) in [6.45, 7) is 1.49. The van der Waals surface area contributed by atoms with Gasteiger partial charge in [-0.2, -0.15) is 0 Å². The van der Waals surface area contributed by atoms with Crippen LogP contribution in [0.3, 0.4) is 0 Å². The van der Waals surface area contributed by atoms with Crippen LogP contribution in [0.15, 0.2) is 35.3 Å². The van der Waals surface area contributed by atoms with E-state index in [9.17, 15) is 10.1 Å². The first kappa shape index (κ1) is 12.2. The molecule has 0 aliphatic rings. The average molecular weight is 251 g/mol. The second kappa shape index (κ2) is 5.85. The van der Waals surface area contributed by atoms with Crippen LogP contribution in [-0.4, -0.2) is 16.5 Å². The topological polar surface area (TPSA) is 88.0 Å². The predicted molar refractivity (Wildman–Crippen MR) is 64.1 cm³/mol. The van der Waals surface area contributed by atoms with E-state index < -0.39 is 4.92 Å². The van der Waals surface area contributed by atoms with E-state index in [1.54, 1.807) is 17.2 Å². The number of nitrogens with zero attached hydrogens (tertiary/aromatic N) is 2. The molecule has 7 heteroatoms. The van der Waals surface area contributed by atoms with Crippen molar-refractivity contribution in [3.05, 3.63) is 40.9 Å². The number of H-pyrrole nitrogens is 1. The molecule has 7 nitrogen and oxygen atoms in total. The Morgan fingerprint density at radius 1 is 1.50 bits per heavy atom. The van der Waals surface area contributed by atoms with Crippen molar-refractivity contribution in [2.75, 3.05) is 11.9 Å². The standard InChI is InChI=1S/C11H15N4O3/c16-15(17)10-4-6-13-11(10)12-5-1-2-7-14-8-3-9-18-14/h3-4,6,8-9,12-13H,1-2,5,7H2/q+1. The van der Waals surface area contributed by atoms with E-state index in [0.717, 1.165) is 19.4 Å². The van der Waals surface area contributed by atoms with E-state index in [2.05, 4.69) is 10.3 Å². The Kier molecular flexibility index (Phi) is 3.95. The molecule has 2 rings (SSSR count). The van der Waals surface area contributed by atoms with Gasteiger partial charge in [0.1, 0.15) is 0 Å². The number of nitrogens with one attached hydrogen (secondary N) is 2. The predicted octanol–water partition coefficient (Wildman–Crippen LogP) is 1.70. The van der Waals surface area contributed by atoms with Gasteiger partial charge in [-0.15, -0.1) is 0 Å². The number of nitro groups is 1. The van der Waals surface area contributed by atoms with Crippen molar-refractivity contribution in [2.24, 2.45) is 0 Å². The third kappa shape index (κ3) is 3.09. The lowest BCUT2D eigenvalue weighted by Crippen LogP contribution is -2.30. The lowest BCUT2D eigenvalue weighted by atomic mass is 10.3. The number of aromatic amines is 1. The number of anilines is 1. The zero-order valence-corrected chi connectivity index (χ0v) is 9.83. The molecule has 0 unspecified atom stereocenters. The first-order valence-corrected chi connectivity index (χ1v) is 5.76. The summed E-state index contributed by atoms with van der Waals surface area (Å²) in [5, 5.41) is 13.7. The van der Waals surface area contributed by atoms with Crippen molar-refractivity contribution in [1.29, 1.82) is 0 Å². The highest BCUT2D eigenvalue weighted by atomic mass is 16.6. The molecule has 0 saturated carbocycles. The van der Waals surface area contributed by atoms with Gasteiger partial charge in [0.15, 0.2) is 18.6 Å². The molecule has 0 saturated heterocycles. The molecule has 0 bridgehead atoms. The molecule has 0 aliphatic heterocycles. The van der Waals surface area contributed by atoms with Gasteiger partial charge in [-0.05, 0) is 11.2 Å². The molecule has 18 heavy (non-hydrogen) atoms. The second-order valence-electron chi connectivity index (χ2n) is 3.85. The van der Waals surface area contributed by atoms with Crippen LogP contribution in [0.25, 0.3) is 0 Å². The normalized spacial score (nSPS) is 10.4.